The first-order valence-corrected chi connectivity index (χ1v) is 19.3. The molecule has 2 nitrogen and oxygen atoms in total. The Kier molecular flexibility index (Phi) is 10.0. The number of rotatable bonds is 5. The molecular formula is C40H35FIrN2SSi-2. The number of pyridine rings is 2. The SMILES string of the molecule is C[Si](C)(C)c1cnc(-c2[c-]cccc2)cc1-c1ccccc1.[2H]C(C)(C)c1ccnc(-c2[c-]cc(F)c3c2sc2ccccc23)c1.[Ir]. The smallest absolute Gasteiger partial charge is 0.0803 e. The molecule has 0 atom stereocenters. The molecule has 0 aliphatic rings. The van der Waals surface area contributed by atoms with Gasteiger partial charge in [-0.25, -0.2) is 0 Å². The first kappa shape index (κ1) is 32.1. The molecule has 4 aromatic carbocycles. The summed E-state index contributed by atoms with van der Waals surface area (Å²) in [4.78, 5) is 9.15. The summed E-state index contributed by atoms with van der Waals surface area (Å²) >= 11 is 1.55. The van der Waals surface area contributed by atoms with Crippen LogP contribution in [-0.4, -0.2) is 18.0 Å². The fourth-order valence-electron chi connectivity index (χ4n) is 5.41. The maximum Gasteiger partial charge on any atom is 0.0803 e. The number of thiophene rings is 1. The molecule has 46 heavy (non-hydrogen) atoms. The molecule has 0 aliphatic carbocycles. The Bertz CT molecular complexity index is 2140. The van der Waals surface area contributed by atoms with E-state index >= 15 is 0 Å². The largest absolute Gasteiger partial charge is 0.305 e. The molecule has 3 heterocycles. The van der Waals surface area contributed by atoms with Crippen molar-refractivity contribution >= 4 is 44.8 Å². The van der Waals surface area contributed by atoms with Crippen LogP contribution in [0.3, 0.4) is 0 Å². The van der Waals surface area contributed by atoms with Gasteiger partial charge < -0.3 is 9.97 Å². The second-order valence-electron chi connectivity index (χ2n) is 12.3. The van der Waals surface area contributed by atoms with Crippen LogP contribution >= 0.6 is 11.3 Å². The molecule has 1 radical (unpaired) electrons. The summed E-state index contributed by atoms with van der Waals surface area (Å²) in [7, 11) is -1.46. The van der Waals surface area contributed by atoms with E-state index in [0.717, 1.165) is 42.9 Å². The number of hydrogen-bond acceptors (Lipinski definition) is 3. The Labute approximate surface area is 291 Å². The van der Waals surface area contributed by atoms with Crippen molar-refractivity contribution in [3.05, 3.63) is 139 Å². The second-order valence-corrected chi connectivity index (χ2v) is 18.3. The standard InChI is InChI=1S/C20H15FNS.C20H20NSi.Ir/c1-12(2)13-9-10-22-17(11-13)14-7-8-16(21)19-15-5-3-4-6-18(15)23-20(14)19;1-22(2,3)20-15-21-19(17-12-8-5-9-13-17)14-18(20)16-10-6-4-7-11-16;/h3-6,8-12H,1-2H3;4-12,14-15H,1-3H3;/q2*-1;/i12D;;. The van der Waals surface area contributed by atoms with Crippen molar-refractivity contribution in [2.45, 2.75) is 39.4 Å². The fourth-order valence-corrected chi connectivity index (χ4v) is 8.11. The second kappa shape index (κ2) is 14.3. The van der Waals surface area contributed by atoms with Crippen molar-refractivity contribution in [3.8, 4) is 33.6 Å². The number of halogens is 1. The van der Waals surface area contributed by atoms with Crippen molar-refractivity contribution in [2.24, 2.45) is 0 Å². The molecule has 0 unspecified atom stereocenters. The number of nitrogens with zero attached hydrogens (tertiary/aromatic N) is 2. The van der Waals surface area contributed by atoms with Gasteiger partial charge in [0.05, 0.1) is 8.07 Å². The molecule has 0 aliphatic heterocycles. The Balaban J connectivity index is 0.000000181. The van der Waals surface area contributed by atoms with Crippen LogP contribution in [0.25, 0.3) is 53.8 Å². The van der Waals surface area contributed by atoms with E-state index in [-0.39, 0.29) is 25.9 Å². The van der Waals surface area contributed by atoms with E-state index in [1.54, 1.807) is 17.5 Å². The summed E-state index contributed by atoms with van der Waals surface area (Å²) in [6, 6.07) is 40.1. The molecule has 0 amide bonds. The molecule has 0 N–H and O–H groups in total. The van der Waals surface area contributed by atoms with Gasteiger partial charge in [0.15, 0.2) is 0 Å². The van der Waals surface area contributed by atoms with E-state index in [2.05, 4.69) is 85.4 Å². The molecule has 3 aromatic heterocycles. The summed E-state index contributed by atoms with van der Waals surface area (Å²) in [5.41, 5.74) is 6.99. The summed E-state index contributed by atoms with van der Waals surface area (Å²) in [6.07, 6.45) is 3.78. The Hall–Kier alpha value is -3.80. The van der Waals surface area contributed by atoms with Crippen LogP contribution in [0.15, 0.2) is 116 Å². The van der Waals surface area contributed by atoms with Gasteiger partial charge in [-0.2, -0.15) is 11.3 Å². The minimum Gasteiger partial charge on any atom is -0.305 e. The molecule has 0 saturated carbocycles. The van der Waals surface area contributed by atoms with Gasteiger partial charge >= 0.3 is 0 Å². The monoisotopic (exact) mass is 816 g/mol. The van der Waals surface area contributed by atoms with Gasteiger partial charge in [-0.3, -0.25) is 4.39 Å². The first-order chi connectivity index (χ1) is 22.0. The molecule has 233 valence electrons. The van der Waals surface area contributed by atoms with Gasteiger partial charge in [0.1, 0.15) is 0 Å². The van der Waals surface area contributed by atoms with E-state index in [1.165, 1.54) is 22.4 Å². The van der Waals surface area contributed by atoms with E-state index in [4.69, 9.17) is 6.35 Å². The zero-order chi connectivity index (χ0) is 32.5. The Morgan fingerprint density at radius 2 is 1.59 bits per heavy atom. The molecule has 6 heteroatoms. The number of aromatic nitrogens is 2. The summed E-state index contributed by atoms with van der Waals surface area (Å²) < 4.78 is 24.6. The molecule has 7 rings (SSSR count). The molecule has 0 spiro atoms. The average molecular weight is 816 g/mol. The Morgan fingerprint density at radius 3 is 2.30 bits per heavy atom. The van der Waals surface area contributed by atoms with Gasteiger partial charge in [-0.05, 0) is 61.2 Å². The van der Waals surface area contributed by atoms with Crippen LogP contribution in [0.2, 0.25) is 19.6 Å². The predicted molar refractivity (Wildman–Crippen MR) is 192 cm³/mol. The molecule has 7 aromatic rings. The van der Waals surface area contributed by atoms with Gasteiger partial charge in [0, 0.05) is 44.4 Å². The van der Waals surface area contributed by atoms with Gasteiger partial charge in [-0.1, -0.05) is 99.7 Å². The van der Waals surface area contributed by atoms with Crippen LogP contribution in [0, 0.1) is 17.9 Å². The van der Waals surface area contributed by atoms with E-state index in [1.807, 2.05) is 68.4 Å². The predicted octanol–water partition coefficient (Wildman–Crippen LogP) is 10.9. The minimum absolute atomic E-state index is 0. The quantitative estimate of drug-likeness (QED) is 0.128. The molecular weight excluding hydrogens is 780 g/mol. The fraction of sp³-hybridized carbons (Fsp3) is 0.150. The summed E-state index contributed by atoms with van der Waals surface area (Å²) in [5.74, 6) is -0.972. The molecule has 0 fully saturated rings. The van der Waals surface area contributed by atoms with Crippen molar-refractivity contribution in [2.75, 3.05) is 0 Å². The van der Waals surface area contributed by atoms with Crippen molar-refractivity contribution in [3.63, 3.8) is 0 Å². The van der Waals surface area contributed by atoms with Gasteiger partial charge in [-0.15, -0.1) is 53.6 Å². The third-order valence-corrected chi connectivity index (χ3v) is 11.0. The van der Waals surface area contributed by atoms with E-state index in [0.29, 0.717) is 5.39 Å². The first-order valence-electron chi connectivity index (χ1n) is 15.5. The zero-order valence-electron chi connectivity index (χ0n) is 27.5. The van der Waals surface area contributed by atoms with Gasteiger partial charge in [0.25, 0.3) is 0 Å². The van der Waals surface area contributed by atoms with Crippen molar-refractivity contribution in [1.29, 1.82) is 0 Å². The van der Waals surface area contributed by atoms with E-state index in [9.17, 15) is 4.39 Å². The topological polar surface area (TPSA) is 25.8 Å². The minimum atomic E-state index is -1.46. The van der Waals surface area contributed by atoms with E-state index < -0.39 is 14.0 Å². The summed E-state index contributed by atoms with van der Waals surface area (Å²) in [5, 5.41) is 2.95. The number of hydrogen-bond donors (Lipinski definition) is 0. The average Bonchev–Trinajstić information content (AvgIpc) is 3.46. The molecule has 0 bridgehead atoms. The molecule has 0 saturated heterocycles. The maximum atomic E-state index is 14.4. The van der Waals surface area contributed by atoms with Crippen LogP contribution in [-0.2, 0) is 20.1 Å². The van der Waals surface area contributed by atoms with Crippen LogP contribution in [0.4, 0.5) is 4.39 Å². The van der Waals surface area contributed by atoms with Crippen molar-refractivity contribution in [1.82, 2.24) is 9.97 Å². The third kappa shape index (κ3) is 7.11. The zero-order valence-corrected chi connectivity index (χ0v) is 30.7. The normalized spacial score (nSPS) is 11.8. The van der Waals surface area contributed by atoms with Crippen LogP contribution in [0.1, 0.15) is 26.7 Å². The summed E-state index contributed by atoms with van der Waals surface area (Å²) in [6.45, 7) is 10.8. The van der Waals surface area contributed by atoms with Crippen LogP contribution in [0.5, 0.6) is 0 Å². The number of benzene rings is 4. The Morgan fingerprint density at radius 1 is 0.848 bits per heavy atom. The van der Waals surface area contributed by atoms with Gasteiger partial charge in [0.2, 0.25) is 0 Å². The third-order valence-electron chi connectivity index (χ3n) is 7.78. The van der Waals surface area contributed by atoms with Crippen molar-refractivity contribution < 1.29 is 25.9 Å². The number of fused-ring (bicyclic) bond motifs is 3. The maximum absolute atomic E-state index is 14.4. The van der Waals surface area contributed by atoms with Crippen LogP contribution < -0.4 is 5.19 Å².